The van der Waals surface area contributed by atoms with Crippen LogP contribution in [0.5, 0.6) is 0 Å². The number of unbranched alkanes of at least 4 members (excludes halogenated alkanes) is 8. The lowest BCUT2D eigenvalue weighted by Gasteiger charge is -2.19. The monoisotopic (exact) mass is 380 g/mol. The summed E-state index contributed by atoms with van der Waals surface area (Å²) in [7, 11) is 0. The maximum atomic E-state index is 5.79. The minimum Gasteiger partial charge on any atom is -0.321 e. The highest BCUT2D eigenvalue weighted by Crippen LogP contribution is 2.61. The Bertz CT molecular complexity index is 310. The smallest absolute Gasteiger partial charge is 0.251 e. The summed E-state index contributed by atoms with van der Waals surface area (Å²) in [6.45, 7) is 7.86. The average molecular weight is 381 g/mol. The Morgan fingerprint density at radius 2 is 1.30 bits per heavy atom. The normalized spacial score (nSPS) is 12.3. The van der Waals surface area contributed by atoms with Crippen molar-refractivity contribution >= 4 is 28.9 Å². The topological polar surface area (TPSA) is 18.5 Å². The van der Waals surface area contributed by atoms with Crippen molar-refractivity contribution in [3.05, 3.63) is 11.5 Å². The Morgan fingerprint density at radius 1 is 0.783 bits per heavy atom. The Balaban J connectivity index is 3.72. The third-order valence-corrected chi connectivity index (χ3v) is 8.17. The molecular formula is C18H37O2PS2. The van der Waals surface area contributed by atoms with Gasteiger partial charge in [-0.15, -0.1) is 0 Å². The second-order valence-corrected chi connectivity index (χ2v) is 12.0. The molecule has 5 heteroatoms. The van der Waals surface area contributed by atoms with E-state index in [-0.39, 0.29) is 0 Å². The van der Waals surface area contributed by atoms with Crippen LogP contribution in [0.25, 0.3) is 0 Å². The minimum absolute atomic E-state index is 0.694. The molecule has 0 saturated carbocycles. The lowest BCUT2D eigenvalue weighted by Crippen LogP contribution is -1.94. The molecule has 0 heterocycles. The summed E-state index contributed by atoms with van der Waals surface area (Å²) in [6.07, 6.45) is 16.3. The first kappa shape index (κ1) is 23.7. The molecule has 0 aliphatic rings. The Labute approximate surface area is 154 Å². The summed E-state index contributed by atoms with van der Waals surface area (Å²) in [5.74, 6) is 0. The average Bonchev–Trinajstić information content (AvgIpc) is 2.56. The van der Waals surface area contributed by atoms with Crippen LogP contribution in [0.15, 0.2) is 11.5 Å². The molecular weight excluding hydrogens is 343 g/mol. The Hall–Kier alpha value is 0.660. The maximum absolute atomic E-state index is 5.79. The van der Waals surface area contributed by atoms with Gasteiger partial charge < -0.3 is 9.05 Å². The first-order valence-electron chi connectivity index (χ1n) is 9.41. The molecule has 0 aliphatic carbocycles. The molecule has 0 unspecified atom stereocenters. The molecule has 0 radical (unpaired) electrons. The number of allylic oxidation sites excluding steroid dienone is 1. The van der Waals surface area contributed by atoms with Gasteiger partial charge in [-0.2, -0.15) is 0 Å². The van der Waals surface area contributed by atoms with E-state index >= 15 is 0 Å². The van der Waals surface area contributed by atoms with Gasteiger partial charge in [-0.05, 0) is 54.3 Å². The molecule has 0 rings (SSSR count). The summed E-state index contributed by atoms with van der Waals surface area (Å²) in [5, 5.41) is 2.10. The summed E-state index contributed by atoms with van der Waals surface area (Å²) >= 11 is 7.16. The number of hydrogen-bond acceptors (Lipinski definition) is 4. The van der Waals surface area contributed by atoms with Gasteiger partial charge in [0.2, 0.25) is 0 Å². The van der Waals surface area contributed by atoms with Crippen molar-refractivity contribution in [2.45, 2.75) is 91.4 Å². The SMILES string of the molecule is CCCCCCCCCCC=CSP(=S)(OCCC)OCCC. The van der Waals surface area contributed by atoms with Crippen LogP contribution in [-0.4, -0.2) is 13.2 Å². The van der Waals surface area contributed by atoms with Crippen molar-refractivity contribution in [1.29, 1.82) is 0 Å². The summed E-state index contributed by atoms with van der Waals surface area (Å²) in [4.78, 5) is 0. The fourth-order valence-corrected chi connectivity index (χ4v) is 5.88. The highest BCUT2D eigenvalue weighted by molar-refractivity contribution is 8.69. The molecule has 0 aromatic rings. The molecule has 2 nitrogen and oxygen atoms in total. The van der Waals surface area contributed by atoms with Gasteiger partial charge >= 0.3 is 0 Å². The predicted molar refractivity (Wildman–Crippen MR) is 111 cm³/mol. The molecule has 0 aromatic carbocycles. The van der Waals surface area contributed by atoms with Crippen LogP contribution in [0.2, 0.25) is 0 Å². The quantitative estimate of drug-likeness (QED) is 0.189. The maximum Gasteiger partial charge on any atom is 0.251 e. The Morgan fingerprint density at radius 3 is 1.83 bits per heavy atom. The van der Waals surface area contributed by atoms with E-state index in [2.05, 4.69) is 32.3 Å². The highest BCUT2D eigenvalue weighted by atomic mass is 32.9. The van der Waals surface area contributed by atoms with Crippen LogP contribution < -0.4 is 0 Å². The predicted octanol–water partition coefficient (Wildman–Crippen LogP) is 7.84. The van der Waals surface area contributed by atoms with Crippen LogP contribution in [0.1, 0.15) is 91.4 Å². The van der Waals surface area contributed by atoms with Crippen LogP contribution in [0, 0.1) is 0 Å². The molecule has 0 aliphatic heterocycles. The van der Waals surface area contributed by atoms with Crippen molar-refractivity contribution in [2.75, 3.05) is 13.2 Å². The highest BCUT2D eigenvalue weighted by Gasteiger charge is 2.17. The van der Waals surface area contributed by atoms with E-state index in [0.29, 0.717) is 13.2 Å². The fraction of sp³-hybridized carbons (Fsp3) is 0.889. The largest absolute Gasteiger partial charge is 0.321 e. The van der Waals surface area contributed by atoms with Gasteiger partial charge in [0.1, 0.15) is 0 Å². The van der Waals surface area contributed by atoms with Crippen molar-refractivity contribution in [3.63, 3.8) is 0 Å². The molecule has 0 N–H and O–H groups in total. The zero-order valence-corrected chi connectivity index (χ0v) is 18.0. The van der Waals surface area contributed by atoms with E-state index in [1.807, 2.05) is 0 Å². The van der Waals surface area contributed by atoms with Gasteiger partial charge in [0.15, 0.2) is 0 Å². The number of hydrogen-bond donors (Lipinski definition) is 0. The molecule has 0 bridgehead atoms. The zero-order chi connectivity index (χ0) is 17.2. The summed E-state index contributed by atoms with van der Waals surface area (Å²) < 4.78 is 11.6. The molecule has 0 atom stereocenters. The first-order valence-corrected chi connectivity index (χ1v) is 13.5. The van der Waals surface area contributed by atoms with Crippen molar-refractivity contribution < 1.29 is 9.05 Å². The second kappa shape index (κ2) is 17.5. The van der Waals surface area contributed by atoms with Gasteiger partial charge in [0.25, 0.3) is 5.69 Å². The lowest BCUT2D eigenvalue weighted by molar-refractivity contribution is 0.260. The van der Waals surface area contributed by atoms with E-state index in [4.69, 9.17) is 20.9 Å². The molecule has 0 fully saturated rings. The molecule has 0 aromatic heterocycles. The van der Waals surface area contributed by atoms with Crippen molar-refractivity contribution in [1.82, 2.24) is 0 Å². The number of rotatable bonds is 17. The van der Waals surface area contributed by atoms with Gasteiger partial charge in [0.05, 0.1) is 13.2 Å². The lowest BCUT2D eigenvalue weighted by atomic mass is 10.1. The van der Waals surface area contributed by atoms with Gasteiger partial charge in [-0.3, -0.25) is 0 Å². The molecule has 23 heavy (non-hydrogen) atoms. The van der Waals surface area contributed by atoms with E-state index in [0.717, 1.165) is 19.3 Å². The zero-order valence-electron chi connectivity index (χ0n) is 15.4. The molecule has 0 amide bonds. The van der Waals surface area contributed by atoms with Crippen LogP contribution in [0.4, 0.5) is 0 Å². The summed E-state index contributed by atoms with van der Waals surface area (Å²) in [5.41, 5.74) is -2.17. The molecule has 0 saturated heterocycles. The van der Waals surface area contributed by atoms with E-state index < -0.39 is 5.69 Å². The van der Waals surface area contributed by atoms with Crippen LogP contribution >= 0.6 is 17.1 Å². The molecule has 138 valence electrons. The Kier molecular flexibility index (Phi) is 18.0. The van der Waals surface area contributed by atoms with Crippen molar-refractivity contribution in [2.24, 2.45) is 0 Å². The van der Waals surface area contributed by atoms with Crippen LogP contribution in [-0.2, 0) is 20.9 Å². The van der Waals surface area contributed by atoms with Gasteiger partial charge in [-0.25, -0.2) is 0 Å². The van der Waals surface area contributed by atoms with Crippen LogP contribution in [0.3, 0.4) is 0 Å². The standard InChI is InChI=1S/C18H37O2PS2/c1-4-7-8-9-10-11-12-13-14-15-18-23-21(22,19-16-5-2)20-17-6-3/h15,18H,4-14,16-17H2,1-3H3. The van der Waals surface area contributed by atoms with E-state index in [9.17, 15) is 0 Å². The summed E-state index contributed by atoms with van der Waals surface area (Å²) in [6, 6.07) is 0. The minimum atomic E-state index is -2.17. The third-order valence-electron chi connectivity index (χ3n) is 3.42. The third kappa shape index (κ3) is 15.9. The van der Waals surface area contributed by atoms with Gasteiger partial charge in [-0.1, -0.05) is 71.8 Å². The van der Waals surface area contributed by atoms with E-state index in [1.54, 1.807) is 11.4 Å². The van der Waals surface area contributed by atoms with Crippen molar-refractivity contribution in [3.8, 4) is 0 Å². The first-order chi connectivity index (χ1) is 11.2. The fourth-order valence-electron chi connectivity index (χ4n) is 2.09. The van der Waals surface area contributed by atoms with Gasteiger partial charge in [0, 0.05) is 0 Å². The second-order valence-electron chi connectivity index (χ2n) is 5.85. The van der Waals surface area contributed by atoms with E-state index in [1.165, 1.54) is 51.4 Å². The molecule has 0 spiro atoms.